The van der Waals surface area contributed by atoms with Crippen molar-refractivity contribution in [3.05, 3.63) is 71.1 Å². The lowest BCUT2D eigenvalue weighted by Gasteiger charge is -2.16. The molecule has 0 spiro atoms. The van der Waals surface area contributed by atoms with Crippen LogP contribution in [0.25, 0.3) is 0 Å². The smallest absolute Gasteiger partial charge is 0.204 e. The Bertz CT molecular complexity index is 986. The van der Waals surface area contributed by atoms with Gasteiger partial charge in [0, 0.05) is 23.1 Å². The monoisotopic (exact) mass is 347 g/mol. The lowest BCUT2D eigenvalue weighted by Crippen LogP contribution is -2.22. The number of aliphatic imine (C=N–C) groups is 1. The summed E-state index contributed by atoms with van der Waals surface area (Å²) < 4.78 is 0. The molecule has 2 aromatic rings. The zero-order valence-electron chi connectivity index (χ0n) is 14.7. The van der Waals surface area contributed by atoms with E-state index in [4.69, 9.17) is 17.2 Å². The van der Waals surface area contributed by atoms with E-state index in [0.29, 0.717) is 28.5 Å². The number of aryl methyl sites for hydroxylation is 2. The Labute approximate surface area is 152 Å². The number of rotatable bonds is 3. The number of nitrogens with one attached hydrogen (secondary N) is 1. The van der Waals surface area contributed by atoms with Crippen molar-refractivity contribution in [2.45, 2.75) is 13.8 Å². The van der Waals surface area contributed by atoms with E-state index in [9.17, 15) is 4.79 Å². The number of nitrogen functional groups attached to an aromatic ring is 2. The number of hydrogen-bond donors (Lipinski definition) is 4. The van der Waals surface area contributed by atoms with Gasteiger partial charge in [-0.3, -0.25) is 4.79 Å². The molecule has 0 saturated heterocycles. The maximum atomic E-state index is 12.3. The topological polar surface area (TPSA) is 120 Å². The quantitative estimate of drug-likeness (QED) is 0.503. The van der Waals surface area contributed by atoms with Crippen LogP contribution in [-0.4, -0.2) is 11.5 Å². The highest BCUT2D eigenvalue weighted by molar-refractivity contribution is 6.23. The number of carbonyl (C=O) groups is 1. The van der Waals surface area contributed by atoms with Crippen LogP contribution in [0.2, 0.25) is 0 Å². The van der Waals surface area contributed by atoms with E-state index < -0.39 is 0 Å². The van der Waals surface area contributed by atoms with E-state index in [2.05, 4.69) is 10.3 Å². The molecule has 0 bridgehead atoms. The van der Waals surface area contributed by atoms with Crippen molar-refractivity contribution in [3.8, 4) is 0 Å². The molecule has 132 valence electrons. The summed E-state index contributed by atoms with van der Waals surface area (Å²) in [6.45, 7) is 3.84. The predicted molar refractivity (Wildman–Crippen MR) is 107 cm³/mol. The molecule has 0 aromatic heterocycles. The molecular weight excluding hydrogens is 326 g/mol. The van der Waals surface area contributed by atoms with E-state index in [-0.39, 0.29) is 5.78 Å². The van der Waals surface area contributed by atoms with Gasteiger partial charge < -0.3 is 22.5 Å². The zero-order valence-corrected chi connectivity index (χ0v) is 14.7. The predicted octanol–water partition coefficient (Wildman–Crippen LogP) is 2.96. The fraction of sp³-hybridized carbons (Fsp3) is 0.100. The average molecular weight is 347 g/mol. The first-order valence-electron chi connectivity index (χ1n) is 8.15. The molecule has 2 aromatic carbocycles. The van der Waals surface area contributed by atoms with Crippen molar-refractivity contribution in [2.24, 2.45) is 10.7 Å². The fourth-order valence-electron chi connectivity index (χ4n) is 2.68. The van der Waals surface area contributed by atoms with Gasteiger partial charge in [-0.2, -0.15) is 0 Å². The Morgan fingerprint density at radius 3 is 2.19 bits per heavy atom. The lowest BCUT2D eigenvalue weighted by atomic mass is 10.0. The SMILES string of the molecule is Cc1cc(N)ccc1N=C1C=C(Nc2ccc(N)cc2C)C(=O)C=C1N. The molecular formula is C20H21N5O. The van der Waals surface area contributed by atoms with Gasteiger partial charge in [0.05, 0.1) is 22.8 Å². The molecule has 0 fully saturated rings. The summed E-state index contributed by atoms with van der Waals surface area (Å²) in [6, 6.07) is 10.9. The summed E-state index contributed by atoms with van der Waals surface area (Å²) >= 11 is 0. The second-order valence-electron chi connectivity index (χ2n) is 6.26. The molecule has 0 atom stereocenters. The molecule has 26 heavy (non-hydrogen) atoms. The van der Waals surface area contributed by atoms with Crippen LogP contribution < -0.4 is 22.5 Å². The molecule has 6 heteroatoms. The standard InChI is InChI=1S/C20H21N5O/c1-11-7-13(21)3-5-16(11)24-18-10-19(20(26)9-15(18)23)25-17-6-4-14(22)8-12(17)2/h3-10,25H,21-23H2,1-2H3. The van der Waals surface area contributed by atoms with E-state index in [1.54, 1.807) is 18.2 Å². The number of allylic oxidation sites excluding steroid dienone is 2. The van der Waals surface area contributed by atoms with E-state index in [1.807, 2.05) is 38.1 Å². The third-order valence-electron chi connectivity index (χ3n) is 4.11. The Morgan fingerprint density at radius 1 is 0.885 bits per heavy atom. The lowest BCUT2D eigenvalue weighted by molar-refractivity contribution is -0.111. The first kappa shape index (κ1) is 17.3. The van der Waals surface area contributed by atoms with E-state index in [1.165, 1.54) is 6.08 Å². The number of nitrogens with two attached hydrogens (primary N) is 3. The van der Waals surface area contributed by atoms with Crippen molar-refractivity contribution < 1.29 is 4.79 Å². The molecule has 0 heterocycles. The van der Waals surface area contributed by atoms with Gasteiger partial charge in [-0.05, 0) is 67.4 Å². The van der Waals surface area contributed by atoms with Crippen LogP contribution in [0.15, 0.2) is 64.9 Å². The van der Waals surface area contributed by atoms with Crippen LogP contribution in [0.1, 0.15) is 11.1 Å². The maximum Gasteiger partial charge on any atom is 0.204 e. The Balaban J connectivity index is 1.96. The number of anilines is 3. The first-order chi connectivity index (χ1) is 12.3. The van der Waals surface area contributed by atoms with Crippen LogP contribution in [-0.2, 0) is 4.79 Å². The summed E-state index contributed by atoms with van der Waals surface area (Å²) in [6.07, 6.45) is 3.03. The normalized spacial score (nSPS) is 15.6. The van der Waals surface area contributed by atoms with Gasteiger partial charge in [-0.1, -0.05) is 0 Å². The molecule has 0 radical (unpaired) electrons. The van der Waals surface area contributed by atoms with Gasteiger partial charge in [-0.25, -0.2) is 4.99 Å². The highest BCUT2D eigenvalue weighted by Gasteiger charge is 2.18. The van der Waals surface area contributed by atoms with E-state index in [0.717, 1.165) is 22.5 Å². The van der Waals surface area contributed by atoms with E-state index >= 15 is 0 Å². The minimum Gasteiger partial charge on any atom is -0.399 e. The number of carbonyl (C=O) groups excluding carboxylic acids is 1. The van der Waals surface area contributed by atoms with Crippen molar-refractivity contribution >= 4 is 34.2 Å². The molecule has 0 unspecified atom stereocenters. The van der Waals surface area contributed by atoms with Gasteiger partial charge in [0.1, 0.15) is 0 Å². The third-order valence-corrected chi connectivity index (χ3v) is 4.11. The summed E-state index contributed by atoms with van der Waals surface area (Å²) in [5.74, 6) is -0.202. The molecule has 0 amide bonds. The molecule has 7 N–H and O–H groups in total. The van der Waals surface area contributed by atoms with Crippen LogP contribution in [0.3, 0.4) is 0 Å². The molecule has 1 aliphatic rings. The van der Waals surface area contributed by atoms with Crippen molar-refractivity contribution in [3.63, 3.8) is 0 Å². The van der Waals surface area contributed by atoms with Gasteiger partial charge in [0.15, 0.2) is 0 Å². The van der Waals surface area contributed by atoms with Crippen LogP contribution in [0, 0.1) is 13.8 Å². The first-order valence-corrected chi connectivity index (χ1v) is 8.15. The largest absolute Gasteiger partial charge is 0.399 e. The Hall–Kier alpha value is -3.54. The van der Waals surface area contributed by atoms with Crippen molar-refractivity contribution in [1.82, 2.24) is 0 Å². The summed E-state index contributed by atoms with van der Waals surface area (Å²) in [5.41, 5.74) is 23.6. The summed E-state index contributed by atoms with van der Waals surface area (Å²) in [7, 11) is 0. The van der Waals surface area contributed by atoms with Crippen LogP contribution >= 0.6 is 0 Å². The number of hydrogen-bond acceptors (Lipinski definition) is 6. The van der Waals surface area contributed by atoms with Crippen molar-refractivity contribution in [2.75, 3.05) is 16.8 Å². The average Bonchev–Trinajstić information content (AvgIpc) is 2.56. The van der Waals surface area contributed by atoms with Crippen molar-refractivity contribution in [1.29, 1.82) is 0 Å². The van der Waals surface area contributed by atoms with Gasteiger partial charge in [0.25, 0.3) is 0 Å². The summed E-state index contributed by atoms with van der Waals surface area (Å²) in [4.78, 5) is 16.9. The Morgan fingerprint density at radius 2 is 1.54 bits per heavy atom. The highest BCUT2D eigenvalue weighted by atomic mass is 16.1. The third kappa shape index (κ3) is 3.59. The minimum atomic E-state index is -0.202. The second kappa shape index (κ2) is 6.76. The number of benzene rings is 2. The van der Waals surface area contributed by atoms with Crippen LogP contribution in [0.5, 0.6) is 0 Å². The maximum absolute atomic E-state index is 12.3. The summed E-state index contributed by atoms with van der Waals surface area (Å²) in [5, 5.41) is 3.14. The second-order valence-corrected chi connectivity index (χ2v) is 6.26. The molecule has 6 nitrogen and oxygen atoms in total. The van der Waals surface area contributed by atoms with Crippen LogP contribution in [0.4, 0.5) is 22.7 Å². The number of ketones is 1. The van der Waals surface area contributed by atoms with Gasteiger partial charge >= 0.3 is 0 Å². The fourth-order valence-corrected chi connectivity index (χ4v) is 2.68. The minimum absolute atomic E-state index is 0.202. The molecule has 3 rings (SSSR count). The van der Waals surface area contributed by atoms with Gasteiger partial charge in [-0.15, -0.1) is 0 Å². The molecule has 0 saturated carbocycles. The van der Waals surface area contributed by atoms with Gasteiger partial charge in [0.2, 0.25) is 5.78 Å². The molecule has 0 aliphatic heterocycles. The highest BCUT2D eigenvalue weighted by Crippen LogP contribution is 2.24. The zero-order chi connectivity index (χ0) is 18.8. The Kier molecular flexibility index (Phi) is 4.49. The molecule has 1 aliphatic carbocycles. The number of nitrogens with zero attached hydrogens (tertiary/aromatic N) is 1.